The fourth-order valence-corrected chi connectivity index (χ4v) is 4.44. The van der Waals surface area contributed by atoms with Crippen LogP contribution in [0.1, 0.15) is 20.8 Å². The zero-order valence-corrected chi connectivity index (χ0v) is 18.2. The van der Waals surface area contributed by atoms with E-state index in [9.17, 15) is 14.4 Å². The summed E-state index contributed by atoms with van der Waals surface area (Å²) in [4.78, 5) is 39.5. The van der Waals surface area contributed by atoms with E-state index in [1.165, 1.54) is 32.5 Å². The quantitative estimate of drug-likeness (QED) is 0.490. The van der Waals surface area contributed by atoms with Crippen molar-refractivity contribution in [3.63, 3.8) is 0 Å². The summed E-state index contributed by atoms with van der Waals surface area (Å²) in [6.45, 7) is 3.75. The molecule has 2 aromatic rings. The van der Waals surface area contributed by atoms with Crippen LogP contribution >= 0.6 is 11.8 Å². The van der Waals surface area contributed by atoms with Gasteiger partial charge in [-0.1, -0.05) is 30.3 Å². The Kier molecular flexibility index (Phi) is 7.51. The second kappa shape index (κ2) is 10.3. The molecule has 31 heavy (non-hydrogen) atoms. The standard InChI is InChI=1S/C22H23NO7S/c1-13(24)27-18-12-31-22(21(29-15(3)26)20(18)28-14(2)25)30-17-10-7-11-23-19(17)16-8-5-4-6-9-16/h4-11,18,20-22H,12H2,1-3H3/t18-,20+,21-,22+/m1/s1. The SMILES string of the molecule is CC(=O)O[C@@H]1[C@@H](OC(C)=O)[C@@H](Oc2cccnc2-c2ccccc2)SC[C@H]1OC(C)=O. The van der Waals surface area contributed by atoms with E-state index in [1.807, 2.05) is 30.3 Å². The number of ether oxygens (including phenoxy) is 4. The number of carbonyl (C=O) groups is 3. The Morgan fingerprint density at radius 1 is 0.871 bits per heavy atom. The van der Waals surface area contributed by atoms with E-state index in [4.69, 9.17) is 18.9 Å². The smallest absolute Gasteiger partial charge is 0.303 e. The van der Waals surface area contributed by atoms with E-state index in [1.54, 1.807) is 18.3 Å². The monoisotopic (exact) mass is 445 g/mol. The fraction of sp³-hybridized carbons (Fsp3) is 0.364. The van der Waals surface area contributed by atoms with Crippen LogP contribution in [0.4, 0.5) is 0 Å². The molecule has 0 unspecified atom stereocenters. The van der Waals surface area contributed by atoms with E-state index in [2.05, 4.69) is 4.98 Å². The third-order valence-electron chi connectivity index (χ3n) is 4.37. The van der Waals surface area contributed by atoms with Crippen LogP contribution in [0, 0.1) is 0 Å². The maximum atomic E-state index is 11.8. The average molecular weight is 445 g/mol. The highest BCUT2D eigenvalue weighted by Gasteiger charge is 2.47. The minimum Gasteiger partial charge on any atom is -0.473 e. The lowest BCUT2D eigenvalue weighted by atomic mass is 10.1. The number of pyridine rings is 1. The lowest BCUT2D eigenvalue weighted by molar-refractivity contribution is -0.186. The second-order valence-electron chi connectivity index (χ2n) is 6.83. The molecule has 1 aromatic carbocycles. The molecule has 164 valence electrons. The van der Waals surface area contributed by atoms with Crippen LogP contribution < -0.4 is 4.74 Å². The Morgan fingerprint density at radius 2 is 1.52 bits per heavy atom. The van der Waals surface area contributed by atoms with Crippen LogP contribution in [-0.4, -0.2) is 52.4 Å². The third kappa shape index (κ3) is 5.97. The summed E-state index contributed by atoms with van der Waals surface area (Å²) in [5.41, 5.74) is 0.764. The largest absolute Gasteiger partial charge is 0.473 e. The van der Waals surface area contributed by atoms with Crippen molar-refractivity contribution < 1.29 is 33.3 Å². The predicted octanol–water partition coefficient (Wildman–Crippen LogP) is 3.00. The van der Waals surface area contributed by atoms with Gasteiger partial charge >= 0.3 is 17.9 Å². The molecule has 1 fully saturated rings. The zero-order valence-electron chi connectivity index (χ0n) is 17.3. The van der Waals surface area contributed by atoms with Gasteiger partial charge in [-0.25, -0.2) is 0 Å². The van der Waals surface area contributed by atoms with Crippen LogP contribution in [0.5, 0.6) is 5.75 Å². The molecule has 1 saturated heterocycles. The van der Waals surface area contributed by atoms with E-state index >= 15 is 0 Å². The Bertz CT molecular complexity index is 936. The average Bonchev–Trinajstić information content (AvgIpc) is 2.72. The van der Waals surface area contributed by atoms with Crippen molar-refractivity contribution in [1.29, 1.82) is 0 Å². The van der Waals surface area contributed by atoms with Crippen LogP contribution in [0.3, 0.4) is 0 Å². The molecule has 2 heterocycles. The maximum Gasteiger partial charge on any atom is 0.303 e. The molecule has 1 aliphatic rings. The summed E-state index contributed by atoms with van der Waals surface area (Å²) in [5.74, 6) is -0.912. The number of carbonyl (C=O) groups excluding carboxylic acids is 3. The van der Waals surface area contributed by atoms with Gasteiger partial charge in [-0.05, 0) is 12.1 Å². The van der Waals surface area contributed by atoms with Gasteiger partial charge in [-0.2, -0.15) is 0 Å². The van der Waals surface area contributed by atoms with E-state index in [-0.39, 0.29) is 0 Å². The molecule has 1 aliphatic heterocycles. The van der Waals surface area contributed by atoms with Crippen molar-refractivity contribution in [2.24, 2.45) is 0 Å². The zero-order chi connectivity index (χ0) is 22.4. The van der Waals surface area contributed by atoms with Gasteiger partial charge in [0, 0.05) is 38.3 Å². The highest BCUT2D eigenvalue weighted by molar-refractivity contribution is 7.99. The van der Waals surface area contributed by atoms with Gasteiger partial charge in [0.25, 0.3) is 0 Å². The van der Waals surface area contributed by atoms with Crippen molar-refractivity contribution >= 4 is 29.7 Å². The van der Waals surface area contributed by atoms with Crippen molar-refractivity contribution in [2.75, 3.05) is 5.75 Å². The van der Waals surface area contributed by atoms with E-state index in [0.29, 0.717) is 17.2 Å². The molecule has 4 atom stereocenters. The van der Waals surface area contributed by atoms with Crippen LogP contribution in [-0.2, 0) is 28.6 Å². The van der Waals surface area contributed by atoms with Gasteiger partial charge in [0.15, 0.2) is 23.7 Å². The van der Waals surface area contributed by atoms with Gasteiger partial charge in [-0.15, -0.1) is 11.8 Å². The summed E-state index contributed by atoms with van der Waals surface area (Å²) < 4.78 is 22.4. The lowest BCUT2D eigenvalue weighted by Gasteiger charge is -2.40. The number of nitrogens with zero attached hydrogens (tertiary/aromatic N) is 1. The van der Waals surface area contributed by atoms with Gasteiger partial charge < -0.3 is 18.9 Å². The number of hydrogen-bond donors (Lipinski definition) is 0. The van der Waals surface area contributed by atoms with Crippen molar-refractivity contribution in [1.82, 2.24) is 4.98 Å². The summed E-state index contributed by atoms with van der Waals surface area (Å²) in [6.07, 6.45) is -1.12. The molecule has 0 saturated carbocycles. The third-order valence-corrected chi connectivity index (χ3v) is 5.58. The lowest BCUT2D eigenvalue weighted by Crippen LogP contribution is -2.55. The summed E-state index contributed by atoms with van der Waals surface area (Å²) in [5, 5.41) is 0. The topological polar surface area (TPSA) is 101 Å². The Hall–Kier alpha value is -3.07. The van der Waals surface area contributed by atoms with Gasteiger partial charge in [-0.3, -0.25) is 19.4 Å². The number of hydrogen-bond acceptors (Lipinski definition) is 9. The molecule has 0 radical (unpaired) electrons. The molecule has 0 amide bonds. The van der Waals surface area contributed by atoms with Crippen LogP contribution in [0.25, 0.3) is 11.3 Å². The van der Waals surface area contributed by atoms with Gasteiger partial charge in [0.1, 0.15) is 11.4 Å². The first kappa shape index (κ1) is 22.6. The number of benzene rings is 1. The predicted molar refractivity (Wildman–Crippen MR) is 113 cm³/mol. The summed E-state index contributed by atoms with van der Waals surface area (Å²) >= 11 is 1.30. The number of thioether (sulfide) groups is 1. The number of esters is 3. The molecule has 3 rings (SSSR count). The Morgan fingerprint density at radius 3 is 2.16 bits per heavy atom. The summed E-state index contributed by atoms with van der Waals surface area (Å²) in [7, 11) is 0. The van der Waals surface area contributed by atoms with Crippen LogP contribution in [0.15, 0.2) is 48.7 Å². The molecule has 9 heteroatoms. The normalized spacial score (nSPS) is 22.8. The van der Waals surface area contributed by atoms with E-state index in [0.717, 1.165) is 5.56 Å². The number of rotatable bonds is 6. The first-order chi connectivity index (χ1) is 14.8. The number of aromatic nitrogens is 1. The van der Waals surface area contributed by atoms with Crippen molar-refractivity contribution in [3.8, 4) is 17.0 Å². The highest BCUT2D eigenvalue weighted by Crippen LogP contribution is 2.36. The maximum absolute atomic E-state index is 11.8. The van der Waals surface area contributed by atoms with Gasteiger partial charge in [0.2, 0.25) is 0 Å². The minimum absolute atomic E-state index is 0.293. The fourth-order valence-electron chi connectivity index (χ4n) is 3.23. The first-order valence-corrected chi connectivity index (χ1v) is 10.7. The molecule has 0 N–H and O–H groups in total. The molecule has 0 aliphatic carbocycles. The van der Waals surface area contributed by atoms with Crippen LogP contribution in [0.2, 0.25) is 0 Å². The second-order valence-corrected chi connectivity index (χ2v) is 7.96. The van der Waals surface area contributed by atoms with Crippen molar-refractivity contribution in [2.45, 2.75) is 44.5 Å². The Balaban J connectivity index is 1.92. The molecule has 8 nitrogen and oxygen atoms in total. The molecular formula is C22H23NO7S. The van der Waals surface area contributed by atoms with E-state index < -0.39 is 41.7 Å². The molecule has 1 aromatic heterocycles. The van der Waals surface area contributed by atoms with Gasteiger partial charge in [0.05, 0.1) is 0 Å². The Labute approximate surface area is 184 Å². The molecule has 0 spiro atoms. The molecule has 0 bridgehead atoms. The van der Waals surface area contributed by atoms with Crippen molar-refractivity contribution in [3.05, 3.63) is 48.7 Å². The molecular weight excluding hydrogens is 422 g/mol. The minimum atomic E-state index is -1.01. The highest BCUT2D eigenvalue weighted by atomic mass is 32.2. The summed E-state index contributed by atoms with van der Waals surface area (Å²) in [6, 6.07) is 13.0. The first-order valence-electron chi connectivity index (χ1n) is 9.65.